The van der Waals surface area contributed by atoms with Gasteiger partial charge < -0.3 is 15.4 Å². The van der Waals surface area contributed by atoms with Gasteiger partial charge in [0.05, 0.1) is 6.61 Å². The van der Waals surface area contributed by atoms with Gasteiger partial charge in [-0.1, -0.05) is 25.1 Å². The fourth-order valence-corrected chi connectivity index (χ4v) is 3.29. The van der Waals surface area contributed by atoms with Crippen molar-refractivity contribution in [3.05, 3.63) is 29.8 Å². The number of rotatable bonds is 8. The van der Waals surface area contributed by atoms with Crippen LogP contribution in [0, 0.1) is 11.8 Å². The van der Waals surface area contributed by atoms with Gasteiger partial charge in [-0.05, 0) is 62.7 Å². The van der Waals surface area contributed by atoms with Gasteiger partial charge in [-0.15, -0.1) is 12.4 Å². The van der Waals surface area contributed by atoms with Crippen molar-refractivity contribution in [2.45, 2.75) is 39.5 Å². The van der Waals surface area contributed by atoms with Gasteiger partial charge in [-0.2, -0.15) is 0 Å². The minimum atomic E-state index is 0. The predicted molar refractivity (Wildman–Crippen MR) is 101 cm³/mol. The third kappa shape index (κ3) is 6.70. The highest BCUT2D eigenvalue weighted by Crippen LogP contribution is 2.24. The van der Waals surface area contributed by atoms with Crippen molar-refractivity contribution in [2.75, 3.05) is 26.2 Å². The molecule has 1 heterocycles. The lowest BCUT2D eigenvalue weighted by atomic mass is 9.84. The molecule has 0 radical (unpaired) electrons. The maximum atomic E-state index is 12.1. The van der Waals surface area contributed by atoms with E-state index in [4.69, 9.17) is 4.74 Å². The molecule has 2 N–H and O–H groups in total. The van der Waals surface area contributed by atoms with E-state index in [-0.39, 0.29) is 18.3 Å². The summed E-state index contributed by atoms with van der Waals surface area (Å²) in [5.41, 5.74) is 1.15. The molecule has 1 aromatic carbocycles. The Hall–Kier alpha value is -1.26. The van der Waals surface area contributed by atoms with E-state index in [0.29, 0.717) is 31.4 Å². The SMILES string of the molecule is CCOc1ccccc1CCNC(=O)CC(C)C1CCNCC1.Cl. The summed E-state index contributed by atoms with van der Waals surface area (Å²) in [6.07, 6.45) is 3.83. The Morgan fingerprint density at radius 1 is 1.33 bits per heavy atom. The van der Waals surface area contributed by atoms with Gasteiger partial charge in [0.1, 0.15) is 5.75 Å². The van der Waals surface area contributed by atoms with Gasteiger partial charge in [0.25, 0.3) is 0 Å². The quantitative estimate of drug-likeness (QED) is 0.753. The molecule has 1 aromatic rings. The van der Waals surface area contributed by atoms with Crippen molar-refractivity contribution in [3.63, 3.8) is 0 Å². The fourth-order valence-electron chi connectivity index (χ4n) is 3.29. The third-order valence-corrected chi connectivity index (χ3v) is 4.68. The number of benzene rings is 1. The molecule has 1 aliphatic heterocycles. The molecule has 1 fully saturated rings. The Labute approximate surface area is 152 Å². The van der Waals surface area contributed by atoms with Crippen LogP contribution in [0.1, 0.15) is 38.7 Å². The molecule has 1 unspecified atom stereocenters. The Morgan fingerprint density at radius 2 is 2.04 bits per heavy atom. The number of carbonyl (C=O) groups is 1. The van der Waals surface area contributed by atoms with Crippen molar-refractivity contribution in [2.24, 2.45) is 11.8 Å². The number of piperidine rings is 1. The third-order valence-electron chi connectivity index (χ3n) is 4.68. The molecule has 2 rings (SSSR count). The normalized spacial score (nSPS) is 16.1. The zero-order chi connectivity index (χ0) is 16.5. The van der Waals surface area contributed by atoms with Crippen molar-refractivity contribution < 1.29 is 9.53 Å². The van der Waals surface area contributed by atoms with Crippen LogP contribution >= 0.6 is 12.4 Å². The van der Waals surface area contributed by atoms with E-state index in [1.807, 2.05) is 25.1 Å². The average Bonchev–Trinajstić information content (AvgIpc) is 2.57. The van der Waals surface area contributed by atoms with Gasteiger partial charge >= 0.3 is 0 Å². The first-order valence-electron chi connectivity index (χ1n) is 8.88. The summed E-state index contributed by atoms with van der Waals surface area (Å²) in [6, 6.07) is 8.04. The average molecular weight is 355 g/mol. The predicted octanol–water partition coefficient (Wildman–Crippen LogP) is 3.19. The first-order chi connectivity index (χ1) is 11.2. The summed E-state index contributed by atoms with van der Waals surface area (Å²) in [7, 11) is 0. The molecule has 1 aliphatic rings. The molecule has 0 saturated carbocycles. The number of ether oxygens (including phenoxy) is 1. The Balaban J connectivity index is 0.00000288. The van der Waals surface area contributed by atoms with E-state index in [9.17, 15) is 4.79 Å². The molecule has 1 atom stereocenters. The maximum Gasteiger partial charge on any atom is 0.220 e. The van der Waals surface area contributed by atoms with Crippen LogP contribution in [0.2, 0.25) is 0 Å². The Bertz CT molecular complexity index is 490. The topological polar surface area (TPSA) is 50.4 Å². The number of carbonyl (C=O) groups excluding carboxylic acids is 1. The molecule has 1 saturated heterocycles. The van der Waals surface area contributed by atoms with Crippen LogP contribution in [0.15, 0.2) is 24.3 Å². The van der Waals surface area contributed by atoms with Crippen LogP contribution < -0.4 is 15.4 Å². The second-order valence-electron chi connectivity index (χ2n) is 6.41. The van der Waals surface area contributed by atoms with Gasteiger partial charge in [-0.3, -0.25) is 4.79 Å². The molecule has 136 valence electrons. The molecule has 0 spiro atoms. The fraction of sp³-hybridized carbons (Fsp3) is 0.632. The first-order valence-corrected chi connectivity index (χ1v) is 8.88. The number of halogens is 1. The van der Waals surface area contributed by atoms with Crippen molar-refractivity contribution in [1.82, 2.24) is 10.6 Å². The van der Waals surface area contributed by atoms with Crippen molar-refractivity contribution in [3.8, 4) is 5.75 Å². The molecular formula is C19H31ClN2O2. The molecule has 24 heavy (non-hydrogen) atoms. The van der Waals surface area contributed by atoms with Gasteiger partial charge in [0, 0.05) is 13.0 Å². The molecule has 0 bridgehead atoms. The van der Waals surface area contributed by atoms with Crippen LogP contribution in [0.25, 0.3) is 0 Å². The maximum absolute atomic E-state index is 12.1. The summed E-state index contributed by atoms with van der Waals surface area (Å²) in [6.45, 7) is 7.70. The second kappa shape index (κ2) is 11.3. The Kier molecular flexibility index (Phi) is 9.80. The van der Waals surface area contributed by atoms with E-state index >= 15 is 0 Å². The van der Waals surface area contributed by atoms with Crippen LogP contribution in [0.4, 0.5) is 0 Å². The molecule has 5 heteroatoms. The summed E-state index contributed by atoms with van der Waals surface area (Å²) in [4.78, 5) is 12.1. The number of para-hydroxylation sites is 1. The molecule has 4 nitrogen and oxygen atoms in total. The van der Waals surface area contributed by atoms with Crippen molar-refractivity contribution >= 4 is 18.3 Å². The molecule has 0 aromatic heterocycles. The van der Waals surface area contributed by atoms with Crippen LogP contribution in [0.3, 0.4) is 0 Å². The smallest absolute Gasteiger partial charge is 0.220 e. The summed E-state index contributed by atoms with van der Waals surface area (Å²) >= 11 is 0. The van der Waals surface area contributed by atoms with Gasteiger partial charge in [0.2, 0.25) is 5.91 Å². The highest BCUT2D eigenvalue weighted by molar-refractivity contribution is 5.85. The highest BCUT2D eigenvalue weighted by Gasteiger charge is 2.21. The number of nitrogens with one attached hydrogen (secondary N) is 2. The van der Waals surface area contributed by atoms with Crippen LogP contribution in [0.5, 0.6) is 5.75 Å². The largest absolute Gasteiger partial charge is 0.494 e. The highest BCUT2D eigenvalue weighted by atomic mass is 35.5. The van der Waals surface area contributed by atoms with E-state index in [2.05, 4.69) is 23.6 Å². The molecule has 0 aliphatic carbocycles. The Morgan fingerprint density at radius 3 is 2.75 bits per heavy atom. The lowest BCUT2D eigenvalue weighted by Crippen LogP contribution is -2.34. The standard InChI is InChI=1S/C19H30N2O2.ClH/c1-3-23-18-7-5-4-6-17(18)10-13-21-19(22)14-15(2)16-8-11-20-12-9-16;/h4-7,15-16,20H,3,8-14H2,1-2H3,(H,21,22);1H. The van der Waals surface area contributed by atoms with Gasteiger partial charge in [0.15, 0.2) is 0 Å². The lowest BCUT2D eigenvalue weighted by molar-refractivity contribution is -0.122. The molecule has 1 amide bonds. The second-order valence-corrected chi connectivity index (χ2v) is 6.41. The number of amides is 1. The minimum absolute atomic E-state index is 0. The van der Waals surface area contributed by atoms with Gasteiger partial charge in [-0.25, -0.2) is 0 Å². The number of hydrogen-bond acceptors (Lipinski definition) is 3. The van der Waals surface area contributed by atoms with E-state index in [1.54, 1.807) is 0 Å². The number of hydrogen-bond donors (Lipinski definition) is 2. The summed E-state index contributed by atoms with van der Waals surface area (Å²) in [5, 5.41) is 6.44. The summed E-state index contributed by atoms with van der Waals surface area (Å²) < 4.78 is 5.62. The minimum Gasteiger partial charge on any atom is -0.494 e. The van der Waals surface area contributed by atoms with E-state index in [1.165, 1.54) is 12.8 Å². The monoisotopic (exact) mass is 354 g/mol. The zero-order valence-electron chi connectivity index (χ0n) is 14.8. The van der Waals surface area contributed by atoms with Crippen LogP contribution in [-0.4, -0.2) is 32.1 Å². The lowest BCUT2D eigenvalue weighted by Gasteiger charge is -2.27. The van der Waals surface area contributed by atoms with Crippen LogP contribution in [-0.2, 0) is 11.2 Å². The van der Waals surface area contributed by atoms with E-state index < -0.39 is 0 Å². The van der Waals surface area contributed by atoms with E-state index in [0.717, 1.165) is 30.8 Å². The zero-order valence-corrected chi connectivity index (χ0v) is 15.7. The first kappa shape index (κ1) is 20.8. The molecular weight excluding hydrogens is 324 g/mol. The van der Waals surface area contributed by atoms with Crippen molar-refractivity contribution in [1.29, 1.82) is 0 Å². The summed E-state index contributed by atoms with van der Waals surface area (Å²) in [5.74, 6) is 2.24.